The molecule has 0 radical (unpaired) electrons. The third-order valence-corrected chi connectivity index (χ3v) is 4.62. The summed E-state index contributed by atoms with van der Waals surface area (Å²) in [5, 5.41) is 6.93. The van der Waals surface area contributed by atoms with Gasteiger partial charge in [-0.05, 0) is 19.1 Å². The molecule has 0 fully saturated rings. The average Bonchev–Trinajstić information content (AvgIpc) is 3.03. The molecule has 2 aromatic carbocycles. The molecule has 0 atom stereocenters. The number of amides is 1. The van der Waals surface area contributed by atoms with E-state index in [1.165, 1.54) is 44.6 Å². The fraction of sp³-hybridized carbons (Fsp3) is 0.158. The second-order valence-corrected chi connectivity index (χ2v) is 6.51. The molecule has 1 heterocycles. The maximum absolute atomic E-state index is 14.3. The zero-order valence-electron chi connectivity index (χ0n) is 15.1. The van der Waals surface area contributed by atoms with Crippen LogP contribution in [-0.4, -0.2) is 25.3 Å². The molecule has 0 spiro atoms. The Morgan fingerprint density at radius 1 is 1.14 bits per heavy atom. The van der Waals surface area contributed by atoms with E-state index in [0.29, 0.717) is 22.2 Å². The first-order valence-corrected chi connectivity index (χ1v) is 8.76. The Morgan fingerprint density at radius 2 is 1.86 bits per heavy atom. The van der Waals surface area contributed by atoms with Crippen molar-refractivity contribution in [2.75, 3.05) is 19.5 Å². The summed E-state index contributed by atoms with van der Waals surface area (Å²) in [5.74, 6) is -0.348. The fourth-order valence-corrected chi connectivity index (χ4v) is 3.16. The van der Waals surface area contributed by atoms with Crippen LogP contribution in [0.25, 0.3) is 11.3 Å². The van der Waals surface area contributed by atoms with Crippen LogP contribution < -0.4 is 14.8 Å². The average molecular weight is 425 g/mol. The summed E-state index contributed by atoms with van der Waals surface area (Å²) in [6, 6.07) is 7.19. The molecule has 3 aromatic rings. The SMILES string of the molecule is COc1cc(NC(=O)c2c(-c3c(F)cccc3Cl)noc2C)c(OC)cc1Cl. The number of carbonyl (C=O) groups excluding carboxylic acids is 1. The molecule has 0 saturated carbocycles. The second-order valence-electron chi connectivity index (χ2n) is 5.70. The highest BCUT2D eigenvalue weighted by Crippen LogP contribution is 2.37. The third-order valence-electron chi connectivity index (χ3n) is 4.01. The molecule has 0 aliphatic rings. The Hall–Kier alpha value is -2.77. The molecule has 28 heavy (non-hydrogen) atoms. The lowest BCUT2D eigenvalue weighted by Crippen LogP contribution is -2.14. The highest BCUT2D eigenvalue weighted by atomic mass is 35.5. The van der Waals surface area contributed by atoms with Gasteiger partial charge in [0.1, 0.15) is 34.3 Å². The van der Waals surface area contributed by atoms with Crippen LogP contribution in [0, 0.1) is 12.7 Å². The summed E-state index contributed by atoms with van der Waals surface area (Å²) in [7, 11) is 2.88. The summed E-state index contributed by atoms with van der Waals surface area (Å²) >= 11 is 12.2. The zero-order valence-corrected chi connectivity index (χ0v) is 16.6. The zero-order chi connectivity index (χ0) is 20.4. The van der Waals surface area contributed by atoms with Gasteiger partial charge in [0, 0.05) is 12.1 Å². The minimum atomic E-state index is -0.624. The van der Waals surface area contributed by atoms with Crippen LogP contribution in [0.15, 0.2) is 34.9 Å². The van der Waals surface area contributed by atoms with Crippen molar-refractivity contribution in [1.29, 1.82) is 0 Å². The quantitative estimate of drug-likeness (QED) is 0.596. The Bertz CT molecular complexity index is 1030. The summed E-state index contributed by atoms with van der Waals surface area (Å²) in [6.07, 6.45) is 0. The maximum Gasteiger partial charge on any atom is 0.261 e. The number of nitrogens with one attached hydrogen (secondary N) is 1. The van der Waals surface area contributed by atoms with Gasteiger partial charge in [0.15, 0.2) is 0 Å². The molecule has 146 valence electrons. The fourth-order valence-electron chi connectivity index (χ4n) is 2.68. The normalized spacial score (nSPS) is 10.6. The maximum atomic E-state index is 14.3. The molecule has 6 nitrogen and oxygen atoms in total. The van der Waals surface area contributed by atoms with Crippen LogP contribution in [0.3, 0.4) is 0 Å². The smallest absolute Gasteiger partial charge is 0.261 e. The number of anilines is 1. The molecule has 1 amide bonds. The van der Waals surface area contributed by atoms with Gasteiger partial charge in [-0.3, -0.25) is 4.79 Å². The number of aromatic nitrogens is 1. The van der Waals surface area contributed by atoms with Crippen molar-refractivity contribution in [2.45, 2.75) is 6.92 Å². The molecule has 1 aromatic heterocycles. The largest absolute Gasteiger partial charge is 0.495 e. The molecular weight excluding hydrogens is 410 g/mol. The van der Waals surface area contributed by atoms with Crippen molar-refractivity contribution in [3.63, 3.8) is 0 Å². The van der Waals surface area contributed by atoms with E-state index in [-0.39, 0.29) is 27.6 Å². The Kier molecular flexibility index (Phi) is 5.76. The lowest BCUT2D eigenvalue weighted by atomic mass is 10.0. The second kappa shape index (κ2) is 8.08. The Balaban J connectivity index is 2.05. The molecule has 3 rings (SSSR count). The number of hydrogen-bond acceptors (Lipinski definition) is 5. The van der Waals surface area contributed by atoms with Gasteiger partial charge in [0.05, 0.1) is 35.5 Å². The van der Waals surface area contributed by atoms with Crippen LogP contribution in [0.4, 0.5) is 10.1 Å². The van der Waals surface area contributed by atoms with Gasteiger partial charge in [-0.25, -0.2) is 4.39 Å². The number of carbonyl (C=O) groups is 1. The van der Waals surface area contributed by atoms with Gasteiger partial charge in [-0.1, -0.05) is 34.4 Å². The lowest BCUT2D eigenvalue weighted by Gasteiger charge is -2.13. The Morgan fingerprint density at radius 3 is 2.50 bits per heavy atom. The number of halogens is 3. The van der Waals surface area contributed by atoms with E-state index in [1.54, 1.807) is 6.92 Å². The van der Waals surface area contributed by atoms with E-state index in [1.807, 2.05) is 0 Å². The predicted molar refractivity (Wildman–Crippen MR) is 104 cm³/mol. The van der Waals surface area contributed by atoms with Crippen LogP contribution in [0.5, 0.6) is 11.5 Å². The van der Waals surface area contributed by atoms with E-state index < -0.39 is 11.7 Å². The van der Waals surface area contributed by atoms with E-state index in [4.69, 9.17) is 37.2 Å². The predicted octanol–water partition coefficient (Wildman–Crippen LogP) is 5.37. The van der Waals surface area contributed by atoms with Gasteiger partial charge >= 0.3 is 0 Å². The van der Waals surface area contributed by atoms with Crippen LogP contribution in [0.1, 0.15) is 16.1 Å². The lowest BCUT2D eigenvalue weighted by molar-refractivity contribution is 0.102. The molecule has 0 saturated heterocycles. The first-order chi connectivity index (χ1) is 13.4. The summed E-state index contributed by atoms with van der Waals surface area (Å²) in [6.45, 7) is 1.54. The van der Waals surface area contributed by atoms with Crippen molar-refractivity contribution in [3.8, 4) is 22.8 Å². The minimum Gasteiger partial charge on any atom is -0.495 e. The number of rotatable bonds is 5. The van der Waals surface area contributed by atoms with Gasteiger partial charge in [0.25, 0.3) is 5.91 Å². The number of benzene rings is 2. The summed E-state index contributed by atoms with van der Waals surface area (Å²) in [4.78, 5) is 13.0. The number of hydrogen-bond donors (Lipinski definition) is 1. The highest BCUT2D eigenvalue weighted by Gasteiger charge is 2.26. The van der Waals surface area contributed by atoms with E-state index >= 15 is 0 Å². The number of methoxy groups -OCH3 is 2. The van der Waals surface area contributed by atoms with Gasteiger partial charge in [-0.2, -0.15) is 0 Å². The van der Waals surface area contributed by atoms with E-state index in [2.05, 4.69) is 10.5 Å². The molecular formula is C19H15Cl2FN2O4. The highest BCUT2D eigenvalue weighted by molar-refractivity contribution is 6.33. The first-order valence-electron chi connectivity index (χ1n) is 8.00. The molecule has 9 heteroatoms. The van der Waals surface area contributed by atoms with Crippen LogP contribution >= 0.6 is 23.2 Å². The van der Waals surface area contributed by atoms with Crippen molar-refractivity contribution in [2.24, 2.45) is 0 Å². The van der Waals surface area contributed by atoms with Crippen LogP contribution in [0.2, 0.25) is 10.0 Å². The summed E-state index contributed by atoms with van der Waals surface area (Å²) < 4.78 is 29.9. The molecule has 0 bridgehead atoms. The van der Waals surface area contributed by atoms with E-state index in [9.17, 15) is 9.18 Å². The monoisotopic (exact) mass is 424 g/mol. The summed E-state index contributed by atoms with van der Waals surface area (Å²) in [5.41, 5.74) is 0.327. The van der Waals surface area contributed by atoms with Crippen molar-refractivity contribution in [3.05, 3.63) is 57.5 Å². The molecule has 0 aliphatic heterocycles. The molecule has 1 N–H and O–H groups in total. The van der Waals surface area contributed by atoms with Crippen LogP contribution in [-0.2, 0) is 0 Å². The number of ether oxygens (including phenoxy) is 2. The van der Waals surface area contributed by atoms with Crippen molar-refractivity contribution >= 4 is 34.8 Å². The van der Waals surface area contributed by atoms with Gasteiger partial charge in [-0.15, -0.1) is 0 Å². The molecule has 0 unspecified atom stereocenters. The van der Waals surface area contributed by atoms with Gasteiger partial charge in [0.2, 0.25) is 0 Å². The topological polar surface area (TPSA) is 73.6 Å². The molecule has 0 aliphatic carbocycles. The van der Waals surface area contributed by atoms with Crippen molar-refractivity contribution in [1.82, 2.24) is 5.16 Å². The number of aryl methyl sites for hydroxylation is 1. The third kappa shape index (κ3) is 3.63. The van der Waals surface area contributed by atoms with E-state index in [0.717, 1.165) is 0 Å². The Labute approximate surface area is 170 Å². The minimum absolute atomic E-state index is 0.00186. The first kappa shape index (κ1) is 20.0. The standard InChI is InChI=1S/C19H15Cl2FN2O4/c1-9-16(18(24-28-9)17-10(20)5-4-6-12(17)22)19(25)23-13-8-14(26-2)11(21)7-15(13)27-3/h4-8H,1-3H3,(H,23,25). The number of nitrogens with zero attached hydrogens (tertiary/aromatic N) is 1. The van der Waals surface area contributed by atoms with Crippen molar-refractivity contribution < 1.29 is 23.2 Å². The van der Waals surface area contributed by atoms with Gasteiger partial charge < -0.3 is 19.3 Å².